The zero-order chi connectivity index (χ0) is 28.5. The molecule has 0 aromatic rings. The summed E-state index contributed by atoms with van der Waals surface area (Å²) in [6, 6.07) is -2.81. The Kier molecular flexibility index (Phi) is 8.22. The van der Waals surface area contributed by atoms with Crippen molar-refractivity contribution in [1.82, 2.24) is 14.7 Å². The number of rotatable bonds is 6. The van der Waals surface area contributed by atoms with Gasteiger partial charge in [0.15, 0.2) is 15.9 Å². The van der Waals surface area contributed by atoms with Crippen molar-refractivity contribution in [3.05, 3.63) is 0 Å². The molecular weight excluding hydrogens is 584 g/mol. The Balaban J connectivity index is 0.00000370. The molecule has 5 heterocycles. The fourth-order valence-corrected chi connectivity index (χ4v) is 9.92. The van der Waals surface area contributed by atoms with Crippen LogP contribution in [0.2, 0.25) is 0 Å². The Morgan fingerprint density at radius 2 is 1.57 bits per heavy atom. The van der Waals surface area contributed by atoms with Gasteiger partial charge >= 0.3 is 11.9 Å². The molecule has 5 aliphatic rings. The van der Waals surface area contributed by atoms with Crippen LogP contribution < -0.4 is 0 Å². The summed E-state index contributed by atoms with van der Waals surface area (Å²) in [4.78, 5) is 60.6. The maximum Gasteiger partial charge on any atom is 0.333 e. The molecular formula is C25H37ClN4O8S2. The molecule has 0 spiro atoms. The first-order valence-corrected chi connectivity index (χ1v) is 15.8. The second kappa shape index (κ2) is 10.6. The van der Waals surface area contributed by atoms with E-state index < -0.39 is 67.0 Å². The number of thioether (sulfide) groups is 1. The Labute approximate surface area is 244 Å². The van der Waals surface area contributed by atoms with E-state index in [4.69, 9.17) is 9.47 Å². The first-order chi connectivity index (χ1) is 18.2. The normalized spacial score (nSPS) is 34.1. The molecule has 2 unspecified atom stereocenters. The average Bonchev–Trinajstić information content (AvgIpc) is 3.01. The van der Waals surface area contributed by atoms with Crippen molar-refractivity contribution in [3.63, 3.8) is 0 Å². The first-order valence-electron chi connectivity index (χ1n) is 13.4. The summed E-state index contributed by atoms with van der Waals surface area (Å²) in [6.45, 7) is 9.65. The van der Waals surface area contributed by atoms with Crippen molar-refractivity contribution in [2.75, 3.05) is 13.1 Å². The standard InChI is InChI=1S/C25H36N4O8S2.ClH/c1-14(37-23(33)19-25(4,5)39(34,35)16-12-15(30)28(16)19)36-22(32)18-24(2,3)38-21-17(20(31)29(18)21)26-13-27-10-8-6-7-9-11-27;/h13-14,16-19,21H,6-12H2,1-5H3;1H/t14?,16-,17?,18+,19+,21-;/m1./s1. The van der Waals surface area contributed by atoms with Gasteiger partial charge in [-0.2, -0.15) is 0 Å². The SMILES string of the molecule is CC(OC(=O)[C@@H]1N2C(=O)C(N=CN3CCCCCC3)[C@H]2SC1(C)C)OC(=O)[C@@H]1N2C(=O)C[C@H]2S(=O)(=O)C1(C)C.Cl. The van der Waals surface area contributed by atoms with E-state index in [-0.39, 0.29) is 30.1 Å². The molecule has 12 nitrogen and oxygen atoms in total. The third-order valence-corrected chi connectivity index (χ3v) is 12.8. The first kappa shape index (κ1) is 30.9. The van der Waals surface area contributed by atoms with Crippen LogP contribution in [0.4, 0.5) is 0 Å². The Hall–Kier alpha value is -2.06. The van der Waals surface area contributed by atoms with E-state index in [1.807, 2.05) is 13.8 Å². The van der Waals surface area contributed by atoms with Gasteiger partial charge in [-0.05, 0) is 40.5 Å². The summed E-state index contributed by atoms with van der Waals surface area (Å²) in [5.41, 5.74) is 0. The van der Waals surface area contributed by atoms with E-state index in [9.17, 15) is 27.6 Å². The highest BCUT2D eigenvalue weighted by Gasteiger charge is 2.68. The number of halogens is 1. The number of likely N-dealkylation sites (tertiary alicyclic amines) is 1. The number of carbonyl (C=O) groups is 4. The van der Waals surface area contributed by atoms with Crippen molar-refractivity contribution < 1.29 is 37.1 Å². The van der Waals surface area contributed by atoms with Crippen LogP contribution in [0.5, 0.6) is 0 Å². The number of nitrogens with zero attached hydrogens (tertiary/aromatic N) is 4. The molecule has 6 atom stereocenters. The highest BCUT2D eigenvalue weighted by atomic mass is 35.5. The molecule has 0 N–H and O–H groups in total. The topological polar surface area (TPSA) is 143 Å². The Bertz CT molecular complexity index is 1220. The van der Waals surface area contributed by atoms with Gasteiger partial charge in [0.05, 0.1) is 17.5 Å². The third-order valence-electron chi connectivity index (χ3n) is 8.43. The fraction of sp³-hybridized carbons (Fsp3) is 0.800. The van der Waals surface area contributed by atoms with Gasteiger partial charge in [-0.15, -0.1) is 24.2 Å². The van der Waals surface area contributed by atoms with E-state index in [1.165, 1.54) is 50.3 Å². The van der Waals surface area contributed by atoms with E-state index in [0.717, 1.165) is 30.8 Å². The number of hydrogen-bond donors (Lipinski definition) is 0. The molecule has 5 aliphatic heterocycles. The van der Waals surface area contributed by atoms with Gasteiger partial charge in [0.1, 0.15) is 22.8 Å². The van der Waals surface area contributed by atoms with Gasteiger partial charge in [-0.25, -0.2) is 18.0 Å². The van der Waals surface area contributed by atoms with Crippen molar-refractivity contribution >= 4 is 64.1 Å². The highest BCUT2D eigenvalue weighted by molar-refractivity contribution is 8.01. The number of ether oxygens (including phenoxy) is 2. The van der Waals surface area contributed by atoms with E-state index in [0.29, 0.717) is 0 Å². The molecule has 5 fully saturated rings. The summed E-state index contributed by atoms with van der Waals surface area (Å²) in [5.74, 6) is -2.38. The number of fused-ring (bicyclic) bond motifs is 2. The number of amides is 2. The smallest absolute Gasteiger partial charge is 0.333 e. The molecule has 0 aromatic carbocycles. The number of carbonyl (C=O) groups excluding carboxylic acids is 4. The second-order valence-electron chi connectivity index (χ2n) is 11.9. The molecule has 224 valence electrons. The van der Waals surface area contributed by atoms with Crippen LogP contribution in [0.1, 0.15) is 66.7 Å². The van der Waals surface area contributed by atoms with Gasteiger partial charge < -0.3 is 24.2 Å². The number of hydrogen-bond acceptors (Lipinski definition) is 10. The van der Waals surface area contributed by atoms with Crippen LogP contribution in [0.15, 0.2) is 4.99 Å². The van der Waals surface area contributed by atoms with Gasteiger partial charge in [0.25, 0.3) is 5.91 Å². The molecule has 0 radical (unpaired) electrons. The summed E-state index contributed by atoms with van der Waals surface area (Å²) in [7, 11) is -3.78. The maximum absolute atomic E-state index is 13.2. The highest BCUT2D eigenvalue weighted by Crippen LogP contribution is 2.52. The molecule has 0 aliphatic carbocycles. The number of β-lactam (4-membered cyclic amide) rings is 2. The molecule has 40 heavy (non-hydrogen) atoms. The summed E-state index contributed by atoms with van der Waals surface area (Å²) in [5, 5.41) is -1.35. The predicted octanol–water partition coefficient (Wildman–Crippen LogP) is 1.31. The van der Waals surface area contributed by atoms with Crippen molar-refractivity contribution in [2.24, 2.45) is 4.99 Å². The van der Waals surface area contributed by atoms with E-state index >= 15 is 0 Å². The van der Waals surface area contributed by atoms with Gasteiger partial charge in [-0.3, -0.25) is 14.6 Å². The molecule has 15 heteroatoms. The monoisotopic (exact) mass is 620 g/mol. The predicted molar refractivity (Wildman–Crippen MR) is 149 cm³/mol. The quantitative estimate of drug-likeness (QED) is 0.140. The summed E-state index contributed by atoms with van der Waals surface area (Å²) < 4.78 is 34.1. The van der Waals surface area contributed by atoms with Crippen LogP contribution >= 0.6 is 24.2 Å². The minimum atomic E-state index is -3.78. The van der Waals surface area contributed by atoms with Crippen molar-refractivity contribution in [2.45, 2.75) is 111 Å². The summed E-state index contributed by atoms with van der Waals surface area (Å²) >= 11 is 1.48. The van der Waals surface area contributed by atoms with Crippen LogP contribution in [0.3, 0.4) is 0 Å². The number of aliphatic imine (C=N–C) groups is 1. The molecule has 5 rings (SSSR count). The molecule has 0 bridgehead atoms. The molecule has 0 saturated carbocycles. The number of esters is 2. The number of sulfone groups is 1. The van der Waals surface area contributed by atoms with Crippen LogP contribution in [0, 0.1) is 0 Å². The molecule has 5 saturated heterocycles. The van der Waals surface area contributed by atoms with Gasteiger partial charge in [-0.1, -0.05) is 12.8 Å². The molecule has 0 aromatic heterocycles. The lowest BCUT2D eigenvalue weighted by Gasteiger charge is -2.42. The van der Waals surface area contributed by atoms with Crippen LogP contribution in [-0.2, 0) is 38.5 Å². The third kappa shape index (κ3) is 4.77. The second-order valence-corrected chi connectivity index (χ2v) is 16.3. The van der Waals surface area contributed by atoms with Crippen LogP contribution in [-0.4, -0.2) is 111 Å². The largest absolute Gasteiger partial charge is 0.424 e. The lowest BCUT2D eigenvalue weighted by molar-refractivity contribution is -0.196. The van der Waals surface area contributed by atoms with Crippen molar-refractivity contribution in [3.8, 4) is 0 Å². The van der Waals surface area contributed by atoms with Crippen molar-refractivity contribution in [1.29, 1.82) is 0 Å². The fourth-order valence-electron chi connectivity index (χ4n) is 6.18. The Morgan fingerprint density at radius 1 is 1.00 bits per heavy atom. The van der Waals surface area contributed by atoms with E-state index in [2.05, 4.69) is 9.89 Å². The van der Waals surface area contributed by atoms with Gasteiger partial charge in [0.2, 0.25) is 12.2 Å². The van der Waals surface area contributed by atoms with Crippen LogP contribution in [0.25, 0.3) is 0 Å². The maximum atomic E-state index is 13.2. The minimum absolute atomic E-state index is 0. The van der Waals surface area contributed by atoms with Gasteiger partial charge in [0, 0.05) is 24.8 Å². The summed E-state index contributed by atoms with van der Waals surface area (Å²) in [6.07, 6.45) is 4.83. The average molecular weight is 621 g/mol. The zero-order valence-electron chi connectivity index (χ0n) is 23.3. The Morgan fingerprint density at radius 3 is 2.15 bits per heavy atom. The molecule has 2 amide bonds. The lowest BCUT2D eigenvalue weighted by atomic mass is 9.96. The zero-order valence-corrected chi connectivity index (χ0v) is 25.7. The lowest BCUT2D eigenvalue weighted by Crippen LogP contribution is -2.65. The van der Waals surface area contributed by atoms with E-state index in [1.54, 1.807) is 6.34 Å². The minimum Gasteiger partial charge on any atom is -0.424 e.